The normalized spacial score (nSPS) is 11.8. The van der Waals surface area contributed by atoms with Gasteiger partial charge in [-0.15, -0.1) is 0 Å². The molecule has 0 unspecified atom stereocenters. The van der Waals surface area contributed by atoms with Crippen LogP contribution in [0.1, 0.15) is 161 Å². The SMILES string of the molecule is CCCCCCCCCCCCC=CCC=CCCCCCCCCCCCCC(=O)O. The Labute approximate surface area is 201 Å². The fourth-order valence-electron chi connectivity index (χ4n) is 4.21. The van der Waals surface area contributed by atoms with E-state index in [4.69, 9.17) is 5.11 Å². The number of hydrogen-bond donors (Lipinski definition) is 1. The van der Waals surface area contributed by atoms with Crippen molar-refractivity contribution in [1.82, 2.24) is 0 Å². The zero-order valence-corrected chi connectivity index (χ0v) is 21.6. The summed E-state index contributed by atoms with van der Waals surface area (Å²) in [5, 5.41) is 8.60. The fourth-order valence-corrected chi connectivity index (χ4v) is 4.21. The minimum absolute atomic E-state index is 0.337. The van der Waals surface area contributed by atoms with E-state index >= 15 is 0 Å². The third kappa shape index (κ3) is 28.9. The first-order valence-corrected chi connectivity index (χ1v) is 14.3. The van der Waals surface area contributed by atoms with Crippen molar-refractivity contribution < 1.29 is 9.90 Å². The highest BCUT2D eigenvalue weighted by atomic mass is 16.4. The Kier molecular flexibility index (Phi) is 27.1. The monoisotopic (exact) mass is 448 g/mol. The maximum absolute atomic E-state index is 10.4. The van der Waals surface area contributed by atoms with Gasteiger partial charge in [0.2, 0.25) is 0 Å². The number of carboxylic acid groups (broad SMARTS) is 1. The molecule has 0 saturated carbocycles. The second-order valence-electron chi connectivity index (χ2n) is 9.62. The van der Waals surface area contributed by atoms with E-state index in [9.17, 15) is 4.79 Å². The highest BCUT2D eigenvalue weighted by Gasteiger charge is 1.97. The second-order valence-corrected chi connectivity index (χ2v) is 9.62. The van der Waals surface area contributed by atoms with Crippen molar-refractivity contribution in [2.75, 3.05) is 0 Å². The van der Waals surface area contributed by atoms with Crippen LogP contribution >= 0.6 is 0 Å². The van der Waals surface area contributed by atoms with Gasteiger partial charge in [0, 0.05) is 6.42 Å². The smallest absolute Gasteiger partial charge is 0.303 e. The van der Waals surface area contributed by atoms with Crippen LogP contribution in [-0.4, -0.2) is 11.1 Å². The summed E-state index contributed by atoms with van der Waals surface area (Å²) in [5.41, 5.74) is 0. The molecule has 2 nitrogen and oxygen atoms in total. The van der Waals surface area contributed by atoms with Crippen LogP contribution in [-0.2, 0) is 4.79 Å². The van der Waals surface area contributed by atoms with E-state index in [0.29, 0.717) is 6.42 Å². The third-order valence-corrected chi connectivity index (χ3v) is 6.34. The van der Waals surface area contributed by atoms with Gasteiger partial charge >= 0.3 is 5.97 Å². The number of unbranched alkanes of at least 4 members (excludes halogenated alkanes) is 20. The lowest BCUT2D eigenvalue weighted by atomic mass is 10.0. The molecule has 2 heteroatoms. The van der Waals surface area contributed by atoms with Gasteiger partial charge in [-0.25, -0.2) is 0 Å². The predicted molar refractivity (Wildman–Crippen MR) is 142 cm³/mol. The van der Waals surface area contributed by atoms with Crippen LogP contribution in [0.2, 0.25) is 0 Å². The molecule has 0 aromatic heterocycles. The molecule has 0 saturated heterocycles. The van der Waals surface area contributed by atoms with Crippen molar-refractivity contribution >= 4 is 5.97 Å². The van der Waals surface area contributed by atoms with Crippen molar-refractivity contribution in [1.29, 1.82) is 0 Å². The van der Waals surface area contributed by atoms with Crippen molar-refractivity contribution in [3.63, 3.8) is 0 Å². The molecule has 1 N–H and O–H groups in total. The summed E-state index contributed by atoms with van der Waals surface area (Å²) in [7, 11) is 0. The molecule has 0 atom stereocenters. The van der Waals surface area contributed by atoms with E-state index in [-0.39, 0.29) is 0 Å². The first-order valence-electron chi connectivity index (χ1n) is 14.3. The van der Waals surface area contributed by atoms with Gasteiger partial charge in [0.1, 0.15) is 0 Å². The van der Waals surface area contributed by atoms with E-state index in [1.807, 2.05) is 0 Å². The van der Waals surface area contributed by atoms with E-state index in [2.05, 4.69) is 31.2 Å². The lowest BCUT2D eigenvalue weighted by Gasteiger charge is -2.01. The van der Waals surface area contributed by atoms with Gasteiger partial charge in [-0.1, -0.05) is 140 Å². The molecule has 0 aromatic rings. The lowest BCUT2D eigenvalue weighted by molar-refractivity contribution is -0.137. The molecule has 0 aromatic carbocycles. The summed E-state index contributed by atoms with van der Waals surface area (Å²) in [6, 6.07) is 0. The van der Waals surface area contributed by atoms with E-state index in [1.165, 1.54) is 128 Å². The Hall–Kier alpha value is -1.05. The highest BCUT2D eigenvalue weighted by Crippen LogP contribution is 2.13. The molecule has 0 aliphatic rings. The minimum Gasteiger partial charge on any atom is -0.481 e. The summed E-state index contributed by atoms with van der Waals surface area (Å²) in [6.45, 7) is 2.29. The minimum atomic E-state index is -0.657. The van der Waals surface area contributed by atoms with Gasteiger partial charge in [0.05, 0.1) is 0 Å². The van der Waals surface area contributed by atoms with Gasteiger partial charge in [-0.2, -0.15) is 0 Å². The van der Waals surface area contributed by atoms with Crippen molar-refractivity contribution in [3.05, 3.63) is 24.3 Å². The molecular weight excluding hydrogens is 392 g/mol. The van der Waals surface area contributed by atoms with Gasteiger partial charge in [0.15, 0.2) is 0 Å². The maximum Gasteiger partial charge on any atom is 0.303 e. The Morgan fingerprint density at radius 1 is 0.500 bits per heavy atom. The van der Waals surface area contributed by atoms with Crippen molar-refractivity contribution in [2.45, 2.75) is 161 Å². The van der Waals surface area contributed by atoms with Crippen molar-refractivity contribution in [3.8, 4) is 0 Å². The summed E-state index contributed by atoms with van der Waals surface area (Å²) >= 11 is 0. The van der Waals surface area contributed by atoms with Crippen LogP contribution in [0, 0.1) is 0 Å². The fraction of sp³-hybridized carbons (Fsp3) is 0.833. The van der Waals surface area contributed by atoms with Gasteiger partial charge in [-0.3, -0.25) is 4.79 Å². The molecule has 0 rings (SSSR count). The standard InChI is InChI=1S/C30H56O2/c1-2-3-4-5-6-7-8-9-10-11-12-13-14-15-16-17-18-19-20-21-22-23-24-25-26-27-28-29-30(31)32/h13-14,16-17H,2-12,15,18-29H2,1H3,(H,31,32). The first-order chi connectivity index (χ1) is 15.8. The largest absolute Gasteiger partial charge is 0.481 e. The summed E-state index contributed by atoms with van der Waals surface area (Å²) in [6.07, 6.45) is 40.0. The molecule has 0 heterocycles. The Bertz CT molecular complexity index is 425. The number of allylic oxidation sites excluding steroid dienone is 4. The number of hydrogen-bond acceptors (Lipinski definition) is 1. The van der Waals surface area contributed by atoms with E-state index in [0.717, 1.165) is 19.3 Å². The third-order valence-electron chi connectivity index (χ3n) is 6.34. The molecule has 0 aliphatic carbocycles. The zero-order chi connectivity index (χ0) is 23.4. The molecular formula is C30H56O2. The first kappa shape index (κ1) is 30.9. The summed E-state index contributed by atoms with van der Waals surface area (Å²) < 4.78 is 0. The number of rotatable bonds is 26. The molecule has 0 spiro atoms. The summed E-state index contributed by atoms with van der Waals surface area (Å²) in [4.78, 5) is 10.4. The molecule has 0 amide bonds. The number of carboxylic acids is 1. The van der Waals surface area contributed by atoms with Gasteiger partial charge in [-0.05, 0) is 38.5 Å². The average Bonchev–Trinajstić information content (AvgIpc) is 2.78. The lowest BCUT2D eigenvalue weighted by Crippen LogP contribution is -1.93. The topological polar surface area (TPSA) is 37.3 Å². The zero-order valence-electron chi connectivity index (χ0n) is 21.6. The van der Waals surface area contributed by atoms with Crippen molar-refractivity contribution in [2.24, 2.45) is 0 Å². The Morgan fingerprint density at radius 3 is 1.22 bits per heavy atom. The second kappa shape index (κ2) is 28.0. The molecule has 0 fully saturated rings. The maximum atomic E-state index is 10.4. The summed E-state index contributed by atoms with van der Waals surface area (Å²) in [5.74, 6) is -0.657. The predicted octanol–water partition coefficient (Wildman–Crippen LogP) is 10.6. The quantitative estimate of drug-likeness (QED) is 0.105. The number of carbonyl (C=O) groups is 1. The van der Waals surface area contributed by atoms with E-state index < -0.39 is 5.97 Å². The van der Waals surface area contributed by atoms with Crippen LogP contribution in [0.15, 0.2) is 24.3 Å². The highest BCUT2D eigenvalue weighted by molar-refractivity contribution is 5.66. The van der Waals surface area contributed by atoms with Crippen LogP contribution < -0.4 is 0 Å². The van der Waals surface area contributed by atoms with E-state index in [1.54, 1.807) is 0 Å². The average molecular weight is 449 g/mol. The Morgan fingerprint density at radius 2 is 0.844 bits per heavy atom. The Balaban J connectivity index is 3.16. The van der Waals surface area contributed by atoms with Gasteiger partial charge in [0.25, 0.3) is 0 Å². The van der Waals surface area contributed by atoms with Crippen LogP contribution in [0.5, 0.6) is 0 Å². The van der Waals surface area contributed by atoms with Crippen LogP contribution in [0.25, 0.3) is 0 Å². The molecule has 0 bridgehead atoms. The molecule has 0 radical (unpaired) electrons. The number of aliphatic carboxylic acids is 1. The van der Waals surface area contributed by atoms with Gasteiger partial charge < -0.3 is 5.11 Å². The molecule has 32 heavy (non-hydrogen) atoms. The molecule has 188 valence electrons. The van der Waals surface area contributed by atoms with Crippen LogP contribution in [0.3, 0.4) is 0 Å². The molecule has 0 aliphatic heterocycles. The van der Waals surface area contributed by atoms with Crippen LogP contribution in [0.4, 0.5) is 0 Å².